The van der Waals surface area contributed by atoms with Crippen molar-refractivity contribution in [2.45, 2.75) is 34.6 Å². The van der Waals surface area contributed by atoms with Crippen LogP contribution in [-0.2, 0) is 0 Å². The van der Waals surface area contributed by atoms with Gasteiger partial charge in [0.25, 0.3) is 0 Å². The molecular formula is C20H26ClNO. The van der Waals surface area contributed by atoms with Gasteiger partial charge in [0.05, 0.1) is 7.11 Å². The number of aromatic amines is 1. The number of H-pyrrole nitrogens is 1. The number of hydrogen-bond acceptors (Lipinski definition) is 1. The molecule has 124 valence electrons. The molecule has 0 radical (unpaired) electrons. The third-order valence-corrected chi connectivity index (χ3v) is 3.59. The number of nitrogens with one attached hydrogen (secondary N) is 1. The third kappa shape index (κ3) is 4.29. The van der Waals surface area contributed by atoms with Crippen LogP contribution in [0.2, 0.25) is 5.02 Å². The molecule has 0 bridgehead atoms. The van der Waals surface area contributed by atoms with Crippen molar-refractivity contribution in [1.82, 2.24) is 4.98 Å². The molecule has 0 aliphatic rings. The van der Waals surface area contributed by atoms with Crippen LogP contribution in [0.3, 0.4) is 0 Å². The number of ether oxygens (including phenoxy) is 1. The van der Waals surface area contributed by atoms with E-state index in [2.05, 4.69) is 30.1 Å². The summed E-state index contributed by atoms with van der Waals surface area (Å²) in [7, 11) is 1.67. The van der Waals surface area contributed by atoms with Crippen molar-refractivity contribution in [3.05, 3.63) is 53.2 Å². The summed E-state index contributed by atoms with van der Waals surface area (Å²) in [6.45, 7) is 10.1. The molecule has 1 N–H and O–H groups in total. The van der Waals surface area contributed by atoms with Crippen LogP contribution in [0.1, 0.15) is 33.3 Å². The molecule has 0 saturated heterocycles. The second kappa shape index (κ2) is 9.26. The zero-order valence-electron chi connectivity index (χ0n) is 14.8. The average molecular weight is 332 g/mol. The largest absolute Gasteiger partial charge is 0.496 e. The summed E-state index contributed by atoms with van der Waals surface area (Å²) >= 11 is 6.02. The summed E-state index contributed by atoms with van der Waals surface area (Å²) < 4.78 is 5.44. The van der Waals surface area contributed by atoms with Crippen molar-refractivity contribution in [2.24, 2.45) is 0 Å². The molecule has 0 atom stereocenters. The summed E-state index contributed by atoms with van der Waals surface area (Å²) in [5, 5.41) is 1.87. The highest BCUT2D eigenvalue weighted by Crippen LogP contribution is 2.35. The lowest BCUT2D eigenvalue weighted by Crippen LogP contribution is -1.90. The Kier molecular flexibility index (Phi) is 7.70. The van der Waals surface area contributed by atoms with Gasteiger partial charge < -0.3 is 9.72 Å². The molecule has 0 spiro atoms. The summed E-state index contributed by atoms with van der Waals surface area (Å²) in [5.74, 6) is 0.797. The minimum Gasteiger partial charge on any atom is -0.496 e. The minimum atomic E-state index is 0.681. The van der Waals surface area contributed by atoms with Gasteiger partial charge in [0.15, 0.2) is 0 Å². The highest BCUT2D eigenvalue weighted by Gasteiger charge is 2.10. The van der Waals surface area contributed by atoms with E-state index in [9.17, 15) is 0 Å². The fourth-order valence-corrected chi connectivity index (χ4v) is 2.55. The number of aryl methyl sites for hydroxylation is 1. The van der Waals surface area contributed by atoms with Crippen molar-refractivity contribution < 1.29 is 4.74 Å². The third-order valence-electron chi connectivity index (χ3n) is 3.35. The van der Waals surface area contributed by atoms with Crippen LogP contribution in [0.25, 0.3) is 22.0 Å². The number of hydrogen-bond donors (Lipinski definition) is 1. The van der Waals surface area contributed by atoms with Gasteiger partial charge in [-0.25, -0.2) is 0 Å². The quantitative estimate of drug-likeness (QED) is 0.545. The lowest BCUT2D eigenvalue weighted by atomic mass is 9.98. The van der Waals surface area contributed by atoms with E-state index in [-0.39, 0.29) is 0 Å². The van der Waals surface area contributed by atoms with Gasteiger partial charge >= 0.3 is 0 Å². The molecule has 0 aliphatic carbocycles. The highest BCUT2D eigenvalue weighted by molar-refractivity contribution is 6.30. The molecule has 23 heavy (non-hydrogen) atoms. The summed E-state index contributed by atoms with van der Waals surface area (Å²) in [5.41, 5.74) is 4.58. The maximum absolute atomic E-state index is 6.02. The molecule has 0 unspecified atom stereocenters. The molecule has 3 rings (SSSR count). The number of aromatic nitrogens is 1. The zero-order chi connectivity index (χ0) is 17.4. The molecule has 1 heterocycles. The van der Waals surface area contributed by atoms with Crippen molar-refractivity contribution >= 4 is 22.5 Å². The van der Waals surface area contributed by atoms with E-state index in [1.165, 1.54) is 16.5 Å². The molecule has 3 aromatic rings. The van der Waals surface area contributed by atoms with Gasteiger partial charge in [0.1, 0.15) is 5.75 Å². The molecule has 3 heteroatoms. The summed E-state index contributed by atoms with van der Waals surface area (Å²) in [6, 6.07) is 12.1. The number of rotatable bonds is 2. The van der Waals surface area contributed by atoms with Gasteiger partial charge in [-0.1, -0.05) is 39.3 Å². The Morgan fingerprint density at radius 1 is 0.913 bits per heavy atom. The second-order valence-corrected chi connectivity index (χ2v) is 5.01. The van der Waals surface area contributed by atoms with E-state index >= 15 is 0 Å². The maximum atomic E-state index is 6.02. The van der Waals surface area contributed by atoms with Gasteiger partial charge in [-0.15, -0.1) is 0 Å². The predicted octanol–water partition coefficient (Wildman–Crippen LogP) is 6.86. The van der Waals surface area contributed by atoms with Crippen LogP contribution < -0.4 is 4.74 Å². The van der Waals surface area contributed by atoms with Crippen molar-refractivity contribution in [3.63, 3.8) is 0 Å². The van der Waals surface area contributed by atoms with Crippen molar-refractivity contribution in [3.8, 4) is 16.9 Å². The predicted molar refractivity (Wildman–Crippen MR) is 103 cm³/mol. The Morgan fingerprint density at radius 3 is 2.26 bits per heavy atom. The van der Waals surface area contributed by atoms with Crippen LogP contribution in [0.5, 0.6) is 5.75 Å². The van der Waals surface area contributed by atoms with Crippen molar-refractivity contribution in [2.75, 3.05) is 7.11 Å². The van der Waals surface area contributed by atoms with E-state index in [4.69, 9.17) is 16.3 Å². The number of halogens is 1. The zero-order valence-corrected chi connectivity index (χ0v) is 15.6. The average Bonchev–Trinajstić information content (AvgIpc) is 3.05. The summed E-state index contributed by atoms with van der Waals surface area (Å²) in [4.78, 5) is 3.22. The standard InChI is InChI=1S/C16H14ClNO.2C2H6/c1-10-7-15-11(5-6-18-15)8-14(10)13-4-3-12(17)9-16(13)19-2;2*1-2/h3-9,18H,1-2H3;2*1-2H3. The first-order chi connectivity index (χ1) is 11.2. The van der Waals surface area contributed by atoms with E-state index in [0.29, 0.717) is 5.02 Å². The van der Waals surface area contributed by atoms with Crippen LogP contribution >= 0.6 is 11.6 Å². The normalized spacial score (nSPS) is 9.52. The Morgan fingerprint density at radius 2 is 1.61 bits per heavy atom. The summed E-state index contributed by atoms with van der Waals surface area (Å²) in [6.07, 6.45) is 1.95. The molecule has 1 aromatic heterocycles. The minimum absolute atomic E-state index is 0.681. The maximum Gasteiger partial charge on any atom is 0.128 e. The van der Waals surface area contributed by atoms with Crippen LogP contribution in [0.4, 0.5) is 0 Å². The molecule has 0 saturated carbocycles. The SMILES string of the molecule is CC.CC.COc1cc(Cl)ccc1-c1cc2cc[nH]c2cc1C. The molecule has 0 amide bonds. The van der Waals surface area contributed by atoms with E-state index in [1.54, 1.807) is 7.11 Å². The molecule has 2 aromatic carbocycles. The van der Waals surface area contributed by atoms with Crippen LogP contribution in [0.15, 0.2) is 42.6 Å². The van der Waals surface area contributed by atoms with Crippen LogP contribution in [-0.4, -0.2) is 12.1 Å². The molecule has 0 fully saturated rings. The lowest BCUT2D eigenvalue weighted by Gasteiger charge is -2.12. The molecule has 2 nitrogen and oxygen atoms in total. The number of fused-ring (bicyclic) bond motifs is 1. The number of benzene rings is 2. The molecule has 0 aliphatic heterocycles. The Balaban J connectivity index is 0.000000615. The Labute approximate surface area is 144 Å². The first kappa shape index (κ1) is 19.1. The monoisotopic (exact) mass is 331 g/mol. The fourth-order valence-electron chi connectivity index (χ4n) is 2.39. The van der Waals surface area contributed by atoms with Gasteiger partial charge in [0.2, 0.25) is 0 Å². The van der Waals surface area contributed by atoms with Gasteiger partial charge in [-0.05, 0) is 59.8 Å². The smallest absolute Gasteiger partial charge is 0.128 e. The fraction of sp³-hybridized carbons (Fsp3) is 0.300. The van der Waals surface area contributed by atoms with Gasteiger partial charge in [-0.3, -0.25) is 0 Å². The Hall–Kier alpha value is -1.93. The lowest BCUT2D eigenvalue weighted by molar-refractivity contribution is 0.416. The van der Waals surface area contributed by atoms with E-state index in [1.807, 2.05) is 52.1 Å². The van der Waals surface area contributed by atoms with Gasteiger partial charge in [-0.2, -0.15) is 0 Å². The Bertz CT molecular complexity index is 746. The molecular weight excluding hydrogens is 306 g/mol. The van der Waals surface area contributed by atoms with E-state index in [0.717, 1.165) is 16.8 Å². The van der Waals surface area contributed by atoms with Crippen molar-refractivity contribution in [1.29, 1.82) is 0 Å². The van der Waals surface area contributed by atoms with Crippen LogP contribution in [0, 0.1) is 6.92 Å². The van der Waals surface area contributed by atoms with Gasteiger partial charge in [0, 0.05) is 22.3 Å². The highest BCUT2D eigenvalue weighted by atomic mass is 35.5. The first-order valence-corrected chi connectivity index (χ1v) is 8.48. The second-order valence-electron chi connectivity index (χ2n) is 4.58. The topological polar surface area (TPSA) is 25.0 Å². The number of methoxy groups -OCH3 is 1. The van der Waals surface area contributed by atoms with E-state index < -0.39 is 0 Å². The first-order valence-electron chi connectivity index (χ1n) is 8.10.